The van der Waals surface area contributed by atoms with Crippen LogP contribution in [0, 0.1) is 12.3 Å². The highest BCUT2D eigenvalue weighted by Crippen LogP contribution is 2.43. The van der Waals surface area contributed by atoms with Gasteiger partial charge in [-0.2, -0.15) is 0 Å². The lowest BCUT2D eigenvalue weighted by Crippen LogP contribution is -2.50. The Morgan fingerprint density at radius 3 is 2.70 bits per heavy atom. The van der Waals surface area contributed by atoms with Crippen LogP contribution in [0.3, 0.4) is 0 Å². The number of imidazole rings is 1. The highest BCUT2D eigenvalue weighted by atomic mass is 16.5. The molecule has 5 rings (SSSR count). The molecule has 0 spiro atoms. The second kappa shape index (κ2) is 8.66. The van der Waals surface area contributed by atoms with Crippen LogP contribution in [0.1, 0.15) is 38.4 Å². The van der Waals surface area contributed by atoms with E-state index in [2.05, 4.69) is 32.2 Å². The Hall–Kier alpha value is -3.14. The highest BCUT2D eigenvalue weighted by Gasteiger charge is 2.47. The van der Waals surface area contributed by atoms with Crippen molar-refractivity contribution in [3.05, 3.63) is 24.5 Å². The Kier molecular flexibility index (Phi) is 5.69. The molecule has 2 aliphatic rings. The second-order valence-electron chi connectivity index (χ2n) is 9.04. The topological polar surface area (TPSA) is 111 Å². The zero-order valence-corrected chi connectivity index (χ0v) is 19.4. The fraction of sp³-hybridized carbons (Fsp3) is 0.565. The van der Waals surface area contributed by atoms with Crippen molar-refractivity contribution in [2.24, 2.45) is 5.41 Å². The lowest BCUT2D eigenvalue weighted by atomic mass is 9.68. The van der Waals surface area contributed by atoms with E-state index in [1.54, 1.807) is 25.8 Å². The maximum Gasteiger partial charge on any atom is 0.231 e. The van der Waals surface area contributed by atoms with Gasteiger partial charge in [0.2, 0.25) is 5.91 Å². The van der Waals surface area contributed by atoms with Gasteiger partial charge in [0.05, 0.1) is 17.6 Å². The van der Waals surface area contributed by atoms with Crippen LogP contribution in [0.15, 0.2) is 18.7 Å². The van der Waals surface area contributed by atoms with E-state index in [1.807, 2.05) is 16.4 Å². The summed E-state index contributed by atoms with van der Waals surface area (Å²) in [5.41, 5.74) is 2.00. The molecule has 3 aromatic heterocycles. The first-order valence-corrected chi connectivity index (χ1v) is 11.6. The summed E-state index contributed by atoms with van der Waals surface area (Å²) in [5.74, 6) is 2.40. The number of rotatable bonds is 7. The predicted octanol–water partition coefficient (Wildman–Crippen LogP) is 2.44. The van der Waals surface area contributed by atoms with Gasteiger partial charge in [-0.05, 0) is 33.1 Å². The first-order chi connectivity index (χ1) is 16.0. The smallest absolute Gasteiger partial charge is 0.231 e. The number of anilines is 1. The molecule has 1 aliphatic carbocycles. The molecular weight excluding hydrogens is 420 g/mol. The number of hydrogen-bond acceptors (Lipinski definition) is 8. The lowest BCUT2D eigenvalue weighted by Gasteiger charge is -2.42. The molecular formula is C23H30N8O2. The van der Waals surface area contributed by atoms with Gasteiger partial charge in [0.1, 0.15) is 18.0 Å². The molecule has 1 amide bonds. The van der Waals surface area contributed by atoms with Crippen molar-refractivity contribution < 1.29 is 9.53 Å². The van der Waals surface area contributed by atoms with Gasteiger partial charge < -0.3 is 19.5 Å². The van der Waals surface area contributed by atoms with Gasteiger partial charge in [0, 0.05) is 45.2 Å². The average molecular weight is 451 g/mol. The summed E-state index contributed by atoms with van der Waals surface area (Å²) < 4.78 is 7.42. The minimum absolute atomic E-state index is 0.115. The quantitative estimate of drug-likeness (QED) is 0.584. The molecule has 0 radical (unpaired) electrons. The molecule has 174 valence electrons. The summed E-state index contributed by atoms with van der Waals surface area (Å²) in [4.78, 5) is 37.6. The molecule has 10 nitrogen and oxygen atoms in total. The van der Waals surface area contributed by atoms with E-state index in [9.17, 15) is 4.79 Å². The number of amides is 1. The molecule has 10 heteroatoms. The van der Waals surface area contributed by atoms with Crippen molar-refractivity contribution in [2.45, 2.75) is 52.1 Å². The summed E-state index contributed by atoms with van der Waals surface area (Å²) in [7, 11) is 1.68. The summed E-state index contributed by atoms with van der Waals surface area (Å²) >= 11 is 0. The standard InChI is InChI=1S/C23H30N8O2/c1-4-31-20(16-10-24-15(2)25-11-16)29-18-19(26-14-27-21(18)31)28-17-6-9-30(12-17)22(32)23(13-33-3)7-5-8-23/h10-11,14,17H,4-9,12-13H2,1-3H3,(H,26,27,28)/t17-/m0/s1. The minimum atomic E-state index is -0.323. The fourth-order valence-electron chi connectivity index (χ4n) is 4.96. The summed E-state index contributed by atoms with van der Waals surface area (Å²) in [6.07, 6.45) is 8.93. The van der Waals surface area contributed by atoms with Crippen LogP contribution in [-0.2, 0) is 16.1 Å². The molecule has 2 fully saturated rings. The lowest BCUT2D eigenvalue weighted by molar-refractivity contribution is -0.151. The fourth-order valence-corrected chi connectivity index (χ4v) is 4.96. The van der Waals surface area contributed by atoms with Gasteiger partial charge in [0.15, 0.2) is 17.0 Å². The zero-order valence-electron chi connectivity index (χ0n) is 19.4. The van der Waals surface area contributed by atoms with Gasteiger partial charge >= 0.3 is 0 Å². The van der Waals surface area contributed by atoms with E-state index in [4.69, 9.17) is 9.72 Å². The van der Waals surface area contributed by atoms with Crippen molar-refractivity contribution in [3.8, 4) is 11.4 Å². The second-order valence-corrected chi connectivity index (χ2v) is 9.04. The number of likely N-dealkylation sites (tertiary alicyclic amines) is 1. The number of methoxy groups -OCH3 is 1. The van der Waals surface area contributed by atoms with E-state index < -0.39 is 0 Å². The number of carbonyl (C=O) groups is 1. The van der Waals surface area contributed by atoms with E-state index >= 15 is 0 Å². The van der Waals surface area contributed by atoms with Crippen LogP contribution < -0.4 is 5.32 Å². The van der Waals surface area contributed by atoms with Crippen LogP contribution >= 0.6 is 0 Å². The Labute approximate surface area is 192 Å². The molecule has 1 atom stereocenters. The van der Waals surface area contributed by atoms with E-state index in [0.29, 0.717) is 25.5 Å². The highest BCUT2D eigenvalue weighted by molar-refractivity contribution is 5.87. The van der Waals surface area contributed by atoms with Crippen molar-refractivity contribution in [2.75, 3.05) is 32.1 Å². The predicted molar refractivity (Wildman–Crippen MR) is 124 cm³/mol. The molecule has 0 bridgehead atoms. The number of aromatic nitrogens is 6. The molecule has 1 saturated carbocycles. The number of nitrogens with zero attached hydrogens (tertiary/aromatic N) is 7. The van der Waals surface area contributed by atoms with Gasteiger partial charge in [-0.3, -0.25) is 4.79 Å². The molecule has 33 heavy (non-hydrogen) atoms. The van der Waals surface area contributed by atoms with Crippen molar-refractivity contribution in [3.63, 3.8) is 0 Å². The number of fused-ring (bicyclic) bond motifs is 1. The van der Waals surface area contributed by atoms with Gasteiger partial charge in [-0.1, -0.05) is 6.42 Å². The van der Waals surface area contributed by atoms with Crippen LogP contribution in [0.2, 0.25) is 0 Å². The van der Waals surface area contributed by atoms with Crippen LogP contribution in [0.5, 0.6) is 0 Å². The van der Waals surface area contributed by atoms with Gasteiger partial charge in [-0.15, -0.1) is 0 Å². The summed E-state index contributed by atoms with van der Waals surface area (Å²) in [6, 6.07) is 0.115. The molecule has 1 N–H and O–H groups in total. The number of aryl methyl sites for hydroxylation is 2. The molecule has 1 saturated heterocycles. The number of ether oxygens (including phenoxy) is 1. The van der Waals surface area contributed by atoms with E-state index in [1.165, 1.54) is 0 Å². The van der Waals surface area contributed by atoms with E-state index in [-0.39, 0.29) is 17.4 Å². The Balaban J connectivity index is 1.37. The van der Waals surface area contributed by atoms with Crippen molar-refractivity contribution in [1.29, 1.82) is 0 Å². The zero-order chi connectivity index (χ0) is 23.0. The average Bonchev–Trinajstić information content (AvgIpc) is 3.41. The maximum atomic E-state index is 13.2. The third-order valence-electron chi connectivity index (χ3n) is 6.89. The number of nitrogens with one attached hydrogen (secondary N) is 1. The minimum Gasteiger partial charge on any atom is -0.384 e. The normalized spacial score (nSPS) is 19.6. The molecule has 0 unspecified atom stereocenters. The summed E-state index contributed by atoms with van der Waals surface area (Å²) in [6.45, 7) is 6.54. The maximum absolute atomic E-state index is 13.2. The van der Waals surface area contributed by atoms with Crippen molar-refractivity contribution >= 4 is 22.9 Å². The van der Waals surface area contributed by atoms with Crippen molar-refractivity contribution in [1.82, 2.24) is 34.4 Å². The van der Waals surface area contributed by atoms with Crippen LogP contribution in [-0.4, -0.2) is 73.1 Å². The number of carbonyl (C=O) groups excluding carboxylic acids is 1. The molecule has 3 aromatic rings. The van der Waals surface area contributed by atoms with Crippen LogP contribution in [0.25, 0.3) is 22.6 Å². The Bertz CT molecular complexity index is 1160. The number of hydrogen-bond donors (Lipinski definition) is 1. The SMILES string of the molecule is CCn1c(-c2cnc(C)nc2)nc2c(N[C@H]3CCN(C(=O)C4(COC)CCC4)C3)ncnc21. The van der Waals surface area contributed by atoms with E-state index in [0.717, 1.165) is 60.6 Å². The largest absolute Gasteiger partial charge is 0.384 e. The first-order valence-electron chi connectivity index (χ1n) is 11.6. The summed E-state index contributed by atoms with van der Waals surface area (Å²) in [5, 5.41) is 3.53. The first kappa shape index (κ1) is 21.7. The monoisotopic (exact) mass is 450 g/mol. The van der Waals surface area contributed by atoms with Gasteiger partial charge in [-0.25, -0.2) is 24.9 Å². The third kappa shape index (κ3) is 3.82. The molecule has 0 aromatic carbocycles. The Morgan fingerprint density at radius 1 is 1.24 bits per heavy atom. The molecule has 1 aliphatic heterocycles. The van der Waals surface area contributed by atoms with Crippen LogP contribution in [0.4, 0.5) is 5.82 Å². The van der Waals surface area contributed by atoms with Gasteiger partial charge in [0.25, 0.3) is 0 Å². The molecule has 4 heterocycles. The Morgan fingerprint density at radius 2 is 2.03 bits per heavy atom. The third-order valence-corrected chi connectivity index (χ3v) is 6.89.